The van der Waals surface area contributed by atoms with Crippen LogP contribution in [0.5, 0.6) is 0 Å². The van der Waals surface area contributed by atoms with Gasteiger partial charge in [-0.1, -0.05) is 35.9 Å². The first-order chi connectivity index (χ1) is 11.1. The second kappa shape index (κ2) is 8.70. The Hall–Kier alpha value is -1.85. The molecule has 1 aromatic carbocycles. The fourth-order valence-electron chi connectivity index (χ4n) is 2.20. The summed E-state index contributed by atoms with van der Waals surface area (Å²) in [7, 11) is 1.32. The largest absolute Gasteiger partial charge is 0.469 e. The highest BCUT2D eigenvalue weighted by Crippen LogP contribution is 2.25. The third-order valence-corrected chi connectivity index (χ3v) is 4.67. The van der Waals surface area contributed by atoms with Gasteiger partial charge in [-0.3, -0.25) is 9.59 Å². The Labute approximate surface area is 144 Å². The van der Waals surface area contributed by atoms with Gasteiger partial charge in [-0.15, -0.1) is 11.3 Å². The van der Waals surface area contributed by atoms with Crippen LogP contribution in [0.2, 0.25) is 5.02 Å². The van der Waals surface area contributed by atoms with Gasteiger partial charge in [0.1, 0.15) is 0 Å². The van der Waals surface area contributed by atoms with Crippen LogP contribution < -0.4 is 5.32 Å². The van der Waals surface area contributed by atoms with Crippen LogP contribution in [0.4, 0.5) is 0 Å². The Morgan fingerprint density at radius 1 is 1.26 bits per heavy atom. The molecule has 1 N–H and O–H groups in total. The lowest BCUT2D eigenvalue weighted by Crippen LogP contribution is -2.30. The first-order valence-corrected chi connectivity index (χ1v) is 8.49. The number of hydrogen-bond donors (Lipinski definition) is 1. The molecule has 0 saturated heterocycles. The van der Waals surface area contributed by atoms with Gasteiger partial charge in [0.15, 0.2) is 0 Å². The minimum Gasteiger partial charge on any atom is -0.469 e. The normalized spacial score (nSPS) is 11.7. The Kier molecular flexibility index (Phi) is 6.62. The minimum absolute atomic E-state index is 0.0466. The fourth-order valence-corrected chi connectivity index (χ4v) is 3.18. The molecule has 0 bridgehead atoms. The zero-order valence-corrected chi connectivity index (χ0v) is 14.3. The molecule has 1 amide bonds. The topological polar surface area (TPSA) is 55.4 Å². The zero-order chi connectivity index (χ0) is 16.7. The second-order valence-electron chi connectivity index (χ2n) is 5.00. The summed E-state index contributed by atoms with van der Waals surface area (Å²) in [5.74, 6) is -0.513. The van der Waals surface area contributed by atoms with E-state index in [1.807, 2.05) is 23.6 Å². The molecule has 1 unspecified atom stereocenters. The van der Waals surface area contributed by atoms with Crippen molar-refractivity contribution >= 4 is 34.8 Å². The molecule has 0 fully saturated rings. The Balaban J connectivity index is 2.03. The van der Waals surface area contributed by atoms with Crippen LogP contribution >= 0.6 is 22.9 Å². The first-order valence-electron chi connectivity index (χ1n) is 7.23. The number of esters is 1. The van der Waals surface area contributed by atoms with Gasteiger partial charge in [-0.2, -0.15) is 0 Å². The van der Waals surface area contributed by atoms with Crippen molar-refractivity contribution in [1.29, 1.82) is 0 Å². The third-order valence-electron chi connectivity index (χ3n) is 3.39. The molecule has 0 aliphatic heterocycles. The van der Waals surface area contributed by atoms with Gasteiger partial charge in [0, 0.05) is 16.3 Å². The molecule has 1 heterocycles. The van der Waals surface area contributed by atoms with E-state index in [0.717, 1.165) is 4.88 Å². The first kappa shape index (κ1) is 17.5. The molecule has 1 aromatic heterocycles. The number of thiophene rings is 1. The van der Waals surface area contributed by atoms with Crippen LogP contribution in [0.25, 0.3) is 0 Å². The number of nitrogens with one attached hydrogen (secondary N) is 1. The summed E-state index contributed by atoms with van der Waals surface area (Å²) >= 11 is 7.81. The maximum absolute atomic E-state index is 12.2. The number of carbonyl (C=O) groups excluding carboxylic acids is 2. The average molecular weight is 352 g/mol. The van der Waals surface area contributed by atoms with Crippen LogP contribution in [-0.4, -0.2) is 19.0 Å². The summed E-state index contributed by atoms with van der Waals surface area (Å²) in [6.45, 7) is 0. The maximum atomic E-state index is 12.2. The Bertz CT molecular complexity index is 658. The molecule has 0 aliphatic carbocycles. The van der Waals surface area contributed by atoms with Crippen LogP contribution in [0.3, 0.4) is 0 Å². The van der Waals surface area contributed by atoms with Crippen molar-refractivity contribution in [2.45, 2.75) is 25.3 Å². The summed E-state index contributed by atoms with van der Waals surface area (Å²) in [6, 6.07) is 10.6. The van der Waals surface area contributed by atoms with Gasteiger partial charge in [0.05, 0.1) is 19.6 Å². The van der Waals surface area contributed by atoms with Crippen molar-refractivity contribution in [1.82, 2.24) is 5.32 Å². The number of benzene rings is 1. The van der Waals surface area contributed by atoms with Crippen molar-refractivity contribution in [2.24, 2.45) is 0 Å². The van der Waals surface area contributed by atoms with Gasteiger partial charge >= 0.3 is 5.97 Å². The number of methoxy groups -OCH3 is 1. The maximum Gasteiger partial charge on any atom is 0.307 e. The molecular weight excluding hydrogens is 334 g/mol. The van der Waals surface area contributed by atoms with Crippen molar-refractivity contribution in [3.63, 3.8) is 0 Å². The number of hydrogen-bond acceptors (Lipinski definition) is 4. The quantitative estimate of drug-likeness (QED) is 0.773. The van der Waals surface area contributed by atoms with E-state index in [1.165, 1.54) is 7.11 Å². The van der Waals surface area contributed by atoms with Crippen molar-refractivity contribution in [2.75, 3.05) is 7.11 Å². The summed E-state index contributed by atoms with van der Waals surface area (Å²) in [5.41, 5.74) is 0.712. The SMILES string of the molecule is COC(=O)CC(NC(=O)CCc1cccs1)c1ccccc1Cl. The average Bonchev–Trinajstić information content (AvgIpc) is 3.06. The molecule has 0 radical (unpaired) electrons. The third kappa shape index (κ3) is 5.37. The molecule has 23 heavy (non-hydrogen) atoms. The van der Waals surface area contributed by atoms with E-state index in [0.29, 0.717) is 23.4 Å². The molecule has 1 atom stereocenters. The van der Waals surface area contributed by atoms with Gasteiger partial charge < -0.3 is 10.1 Å². The number of carbonyl (C=O) groups is 2. The molecule has 2 rings (SSSR count). The van der Waals surface area contributed by atoms with Crippen molar-refractivity contribution in [3.05, 3.63) is 57.2 Å². The molecule has 2 aromatic rings. The standard InChI is InChI=1S/C17H18ClNO3S/c1-22-17(21)11-15(13-6-2-3-7-14(13)18)19-16(20)9-8-12-5-4-10-23-12/h2-7,10,15H,8-9,11H2,1H3,(H,19,20). The lowest BCUT2D eigenvalue weighted by Gasteiger charge is -2.19. The highest BCUT2D eigenvalue weighted by atomic mass is 35.5. The lowest BCUT2D eigenvalue weighted by molar-refractivity contribution is -0.141. The monoisotopic (exact) mass is 351 g/mol. The highest BCUT2D eigenvalue weighted by Gasteiger charge is 2.20. The van der Waals surface area contributed by atoms with E-state index < -0.39 is 12.0 Å². The van der Waals surface area contributed by atoms with Gasteiger partial charge in [-0.05, 0) is 29.5 Å². The second-order valence-corrected chi connectivity index (χ2v) is 6.44. The number of ether oxygens (including phenoxy) is 1. The summed E-state index contributed by atoms with van der Waals surface area (Å²) in [6.07, 6.45) is 1.09. The summed E-state index contributed by atoms with van der Waals surface area (Å²) in [5, 5.41) is 5.38. The minimum atomic E-state index is -0.494. The highest BCUT2D eigenvalue weighted by molar-refractivity contribution is 7.09. The Morgan fingerprint density at radius 3 is 2.70 bits per heavy atom. The lowest BCUT2D eigenvalue weighted by atomic mass is 10.0. The van der Waals surface area contributed by atoms with Gasteiger partial charge in [0.2, 0.25) is 5.91 Å². The van der Waals surface area contributed by atoms with Crippen LogP contribution in [0, 0.1) is 0 Å². The number of halogens is 1. The van der Waals surface area contributed by atoms with E-state index in [4.69, 9.17) is 16.3 Å². The molecular formula is C17H18ClNO3S. The van der Waals surface area contributed by atoms with E-state index in [1.54, 1.807) is 29.5 Å². The predicted octanol–water partition coefficient (Wildman–Crippen LogP) is 3.75. The molecule has 122 valence electrons. The fraction of sp³-hybridized carbons (Fsp3) is 0.294. The van der Waals surface area contributed by atoms with Crippen molar-refractivity contribution < 1.29 is 14.3 Å². The molecule has 6 heteroatoms. The zero-order valence-electron chi connectivity index (χ0n) is 12.8. The van der Waals surface area contributed by atoms with Crippen LogP contribution in [-0.2, 0) is 20.7 Å². The number of rotatable bonds is 7. The molecule has 0 spiro atoms. The Morgan fingerprint density at radius 2 is 2.04 bits per heavy atom. The number of aryl methyl sites for hydroxylation is 1. The number of amides is 1. The van der Waals surface area contributed by atoms with E-state index in [9.17, 15) is 9.59 Å². The van der Waals surface area contributed by atoms with E-state index >= 15 is 0 Å². The predicted molar refractivity (Wildman–Crippen MR) is 91.6 cm³/mol. The van der Waals surface area contributed by atoms with Crippen molar-refractivity contribution in [3.8, 4) is 0 Å². The molecule has 4 nitrogen and oxygen atoms in total. The molecule has 0 saturated carbocycles. The van der Waals surface area contributed by atoms with Gasteiger partial charge in [-0.25, -0.2) is 0 Å². The van der Waals surface area contributed by atoms with Crippen LogP contribution in [0.1, 0.15) is 29.3 Å². The van der Waals surface area contributed by atoms with E-state index in [2.05, 4.69) is 5.32 Å². The smallest absolute Gasteiger partial charge is 0.307 e. The van der Waals surface area contributed by atoms with E-state index in [-0.39, 0.29) is 12.3 Å². The van der Waals surface area contributed by atoms with Gasteiger partial charge in [0.25, 0.3) is 0 Å². The summed E-state index contributed by atoms with van der Waals surface area (Å²) in [4.78, 5) is 25.0. The molecule has 0 aliphatic rings. The van der Waals surface area contributed by atoms with Crippen LogP contribution in [0.15, 0.2) is 41.8 Å². The summed E-state index contributed by atoms with van der Waals surface area (Å²) < 4.78 is 4.71.